The van der Waals surface area contributed by atoms with Crippen molar-refractivity contribution in [2.24, 2.45) is 5.73 Å². The second kappa shape index (κ2) is 8.12. The molecule has 0 bridgehead atoms. The van der Waals surface area contributed by atoms with Crippen molar-refractivity contribution in [1.82, 2.24) is 9.97 Å². The summed E-state index contributed by atoms with van der Waals surface area (Å²) in [5.41, 5.74) is 9.48. The van der Waals surface area contributed by atoms with E-state index >= 15 is 0 Å². The van der Waals surface area contributed by atoms with Crippen LogP contribution < -0.4 is 16.4 Å². The Morgan fingerprint density at radius 3 is 2.52 bits per heavy atom. The largest absolute Gasteiger partial charge is 0.379 e. The van der Waals surface area contributed by atoms with Gasteiger partial charge in [-0.3, -0.25) is 4.79 Å². The lowest BCUT2D eigenvalue weighted by atomic mass is 10.1. The number of nitrogens with one attached hydrogen (secondary N) is 3. The van der Waals surface area contributed by atoms with Crippen LogP contribution in [0.2, 0.25) is 0 Å². The van der Waals surface area contributed by atoms with Gasteiger partial charge in [-0.05, 0) is 17.7 Å². The van der Waals surface area contributed by atoms with Gasteiger partial charge in [0.2, 0.25) is 5.91 Å². The quantitative estimate of drug-likeness (QED) is 0.533. The van der Waals surface area contributed by atoms with Crippen molar-refractivity contribution in [2.45, 2.75) is 19.0 Å². The number of amides is 1. The molecule has 3 aromatic rings. The third-order valence-electron chi connectivity index (χ3n) is 3.83. The minimum Gasteiger partial charge on any atom is -0.379 e. The van der Waals surface area contributed by atoms with E-state index in [2.05, 4.69) is 20.6 Å². The molecule has 25 heavy (non-hydrogen) atoms. The predicted molar refractivity (Wildman–Crippen MR) is 99.1 cm³/mol. The van der Waals surface area contributed by atoms with Gasteiger partial charge in [0.1, 0.15) is 0 Å². The highest BCUT2D eigenvalue weighted by Crippen LogP contribution is 2.22. The van der Waals surface area contributed by atoms with E-state index in [1.165, 1.54) is 5.56 Å². The normalized spacial score (nSPS) is 11.7. The van der Waals surface area contributed by atoms with Gasteiger partial charge in [-0.25, -0.2) is 4.98 Å². The van der Waals surface area contributed by atoms with Crippen molar-refractivity contribution in [3.05, 3.63) is 78.4 Å². The van der Waals surface area contributed by atoms with Crippen LogP contribution in [-0.4, -0.2) is 21.9 Å². The van der Waals surface area contributed by atoms with Crippen LogP contribution in [0.15, 0.2) is 67.1 Å². The van der Waals surface area contributed by atoms with Crippen LogP contribution in [-0.2, 0) is 17.8 Å². The van der Waals surface area contributed by atoms with Crippen LogP contribution in [0.1, 0.15) is 11.3 Å². The van der Waals surface area contributed by atoms with Gasteiger partial charge >= 0.3 is 0 Å². The third-order valence-corrected chi connectivity index (χ3v) is 3.83. The third kappa shape index (κ3) is 4.68. The van der Waals surface area contributed by atoms with E-state index in [1.54, 1.807) is 12.5 Å². The topological polar surface area (TPSA) is 95.8 Å². The second-order valence-electron chi connectivity index (χ2n) is 5.75. The first-order chi connectivity index (χ1) is 12.2. The number of carbonyl (C=O) groups excluding carboxylic acids is 1. The summed E-state index contributed by atoms with van der Waals surface area (Å²) >= 11 is 0. The average molecular weight is 335 g/mol. The summed E-state index contributed by atoms with van der Waals surface area (Å²) in [5, 5.41) is 6.24. The molecule has 0 aliphatic carbocycles. The summed E-state index contributed by atoms with van der Waals surface area (Å²) in [6, 6.07) is 17.0. The fraction of sp³-hybridized carbons (Fsp3) is 0.158. The molecule has 0 aliphatic rings. The first-order valence-electron chi connectivity index (χ1n) is 8.13. The van der Waals surface area contributed by atoms with Crippen LogP contribution in [0.3, 0.4) is 0 Å². The highest BCUT2D eigenvalue weighted by molar-refractivity contribution is 5.97. The van der Waals surface area contributed by atoms with Crippen LogP contribution >= 0.6 is 0 Å². The molecule has 0 spiro atoms. The molecular weight excluding hydrogens is 314 g/mol. The van der Waals surface area contributed by atoms with Gasteiger partial charge in [0.05, 0.1) is 29.4 Å². The zero-order valence-corrected chi connectivity index (χ0v) is 13.8. The SMILES string of the molecule is N[C@@H](Cc1c[nH]cn1)C(=O)Nc1ccccc1NCc1ccccc1. The maximum Gasteiger partial charge on any atom is 0.241 e. The molecule has 2 aromatic carbocycles. The van der Waals surface area contributed by atoms with Crippen molar-refractivity contribution in [3.63, 3.8) is 0 Å². The number of aromatic nitrogens is 2. The first kappa shape index (κ1) is 16.7. The smallest absolute Gasteiger partial charge is 0.241 e. The molecule has 6 heteroatoms. The van der Waals surface area contributed by atoms with E-state index in [-0.39, 0.29) is 5.91 Å². The van der Waals surface area contributed by atoms with Gasteiger partial charge in [-0.2, -0.15) is 0 Å². The number of nitrogens with two attached hydrogens (primary N) is 1. The van der Waals surface area contributed by atoms with Crippen LogP contribution in [0, 0.1) is 0 Å². The second-order valence-corrected chi connectivity index (χ2v) is 5.75. The fourth-order valence-corrected chi connectivity index (χ4v) is 2.49. The maximum absolute atomic E-state index is 12.4. The molecular formula is C19H21N5O. The number of hydrogen-bond acceptors (Lipinski definition) is 4. The number of aromatic amines is 1. The molecule has 1 heterocycles. The Hall–Kier alpha value is -3.12. The average Bonchev–Trinajstić information content (AvgIpc) is 3.15. The minimum absolute atomic E-state index is 0.239. The van der Waals surface area contributed by atoms with Gasteiger partial charge in [0.25, 0.3) is 0 Å². The van der Waals surface area contributed by atoms with E-state index in [4.69, 9.17) is 5.73 Å². The van der Waals surface area contributed by atoms with Crippen LogP contribution in [0.25, 0.3) is 0 Å². The molecule has 0 fully saturated rings. The van der Waals surface area contributed by atoms with E-state index in [0.717, 1.165) is 11.4 Å². The van der Waals surface area contributed by atoms with Crippen molar-refractivity contribution in [2.75, 3.05) is 10.6 Å². The molecule has 128 valence electrons. The number of imidazole rings is 1. The van der Waals surface area contributed by atoms with Gasteiger partial charge in [0, 0.05) is 19.2 Å². The maximum atomic E-state index is 12.4. The van der Waals surface area contributed by atoms with Gasteiger partial charge < -0.3 is 21.4 Å². The lowest BCUT2D eigenvalue weighted by molar-refractivity contribution is -0.117. The van der Waals surface area contributed by atoms with Crippen molar-refractivity contribution in [1.29, 1.82) is 0 Å². The zero-order valence-electron chi connectivity index (χ0n) is 13.8. The van der Waals surface area contributed by atoms with Gasteiger partial charge in [-0.15, -0.1) is 0 Å². The molecule has 1 amide bonds. The summed E-state index contributed by atoms with van der Waals surface area (Å²) in [6.45, 7) is 0.674. The highest BCUT2D eigenvalue weighted by Gasteiger charge is 2.16. The Morgan fingerprint density at radius 1 is 1.08 bits per heavy atom. The Bertz CT molecular complexity index is 802. The van der Waals surface area contributed by atoms with Gasteiger partial charge in [-0.1, -0.05) is 42.5 Å². The zero-order chi connectivity index (χ0) is 17.5. The van der Waals surface area contributed by atoms with E-state index < -0.39 is 6.04 Å². The number of nitrogens with zero attached hydrogens (tertiary/aromatic N) is 1. The van der Waals surface area contributed by atoms with Gasteiger partial charge in [0.15, 0.2) is 0 Å². The predicted octanol–water partition coefficient (Wildman–Crippen LogP) is 2.53. The van der Waals surface area contributed by atoms with Crippen molar-refractivity contribution in [3.8, 4) is 0 Å². The fourth-order valence-electron chi connectivity index (χ4n) is 2.49. The number of H-pyrrole nitrogens is 1. The van der Waals surface area contributed by atoms with Crippen LogP contribution in [0.5, 0.6) is 0 Å². The minimum atomic E-state index is -0.662. The molecule has 5 N–H and O–H groups in total. The molecule has 1 atom stereocenters. The summed E-state index contributed by atoms with van der Waals surface area (Å²) in [6.07, 6.45) is 3.69. The Kier molecular flexibility index (Phi) is 5.43. The summed E-state index contributed by atoms with van der Waals surface area (Å²) < 4.78 is 0. The summed E-state index contributed by atoms with van der Waals surface area (Å²) in [4.78, 5) is 19.3. The molecule has 0 saturated heterocycles. The van der Waals surface area contributed by atoms with Crippen molar-refractivity contribution < 1.29 is 4.79 Å². The standard InChI is InChI=1S/C19H21N5O/c20-16(10-15-12-21-13-23-15)19(25)24-18-9-5-4-8-17(18)22-11-14-6-2-1-3-7-14/h1-9,12-13,16,22H,10-11,20H2,(H,21,23)(H,24,25)/t16-/m0/s1. The molecule has 0 saturated carbocycles. The van der Waals surface area contributed by atoms with E-state index in [1.807, 2.05) is 54.6 Å². The first-order valence-corrected chi connectivity index (χ1v) is 8.13. The number of rotatable bonds is 7. The summed E-state index contributed by atoms with van der Waals surface area (Å²) in [5.74, 6) is -0.239. The number of benzene rings is 2. The number of anilines is 2. The molecule has 6 nitrogen and oxygen atoms in total. The number of para-hydroxylation sites is 2. The Balaban J connectivity index is 1.63. The van der Waals surface area contributed by atoms with E-state index in [0.29, 0.717) is 18.7 Å². The molecule has 0 radical (unpaired) electrons. The molecule has 0 unspecified atom stereocenters. The Labute approximate surface area is 146 Å². The highest BCUT2D eigenvalue weighted by atomic mass is 16.2. The lowest BCUT2D eigenvalue weighted by Gasteiger charge is -2.15. The Morgan fingerprint density at radius 2 is 1.80 bits per heavy atom. The molecule has 3 rings (SSSR count). The molecule has 1 aromatic heterocycles. The number of carbonyl (C=O) groups is 1. The monoisotopic (exact) mass is 335 g/mol. The van der Waals surface area contributed by atoms with Crippen molar-refractivity contribution >= 4 is 17.3 Å². The molecule has 0 aliphatic heterocycles. The van der Waals surface area contributed by atoms with Crippen LogP contribution in [0.4, 0.5) is 11.4 Å². The van der Waals surface area contributed by atoms with E-state index in [9.17, 15) is 4.79 Å². The summed E-state index contributed by atoms with van der Waals surface area (Å²) in [7, 11) is 0. The lowest BCUT2D eigenvalue weighted by Crippen LogP contribution is -2.37. The number of hydrogen-bond donors (Lipinski definition) is 4.